The SMILES string of the molecule is C.CNc1ccc(C(=O)SC)cc1. The fourth-order valence-electron chi connectivity index (χ4n) is 0.891. The number of benzene rings is 1. The van der Waals surface area contributed by atoms with Crippen LogP contribution in [0.3, 0.4) is 0 Å². The van der Waals surface area contributed by atoms with Gasteiger partial charge in [0.05, 0.1) is 0 Å². The summed E-state index contributed by atoms with van der Waals surface area (Å²) in [6.07, 6.45) is 1.79. The van der Waals surface area contributed by atoms with Crippen LogP contribution in [-0.4, -0.2) is 18.4 Å². The first-order chi connectivity index (χ1) is 5.77. The monoisotopic (exact) mass is 197 g/mol. The number of anilines is 1. The number of nitrogens with one attached hydrogen (secondary N) is 1. The maximum atomic E-state index is 11.2. The molecule has 0 saturated heterocycles. The van der Waals surface area contributed by atoms with E-state index in [4.69, 9.17) is 0 Å². The third-order valence-electron chi connectivity index (χ3n) is 1.59. The summed E-state index contributed by atoms with van der Waals surface area (Å²) in [7, 11) is 1.85. The Bertz CT molecular complexity index is 269. The Morgan fingerprint density at radius 3 is 2.23 bits per heavy atom. The molecule has 0 unspecified atom stereocenters. The van der Waals surface area contributed by atoms with Crippen molar-refractivity contribution in [2.24, 2.45) is 0 Å². The number of hydrogen-bond donors (Lipinski definition) is 1. The van der Waals surface area contributed by atoms with Crippen molar-refractivity contribution in [3.05, 3.63) is 29.8 Å². The second-order valence-corrected chi connectivity index (χ2v) is 3.10. The number of hydrogen-bond acceptors (Lipinski definition) is 3. The predicted octanol–water partition coefficient (Wildman–Crippen LogP) is 2.87. The van der Waals surface area contributed by atoms with Crippen molar-refractivity contribution in [1.29, 1.82) is 0 Å². The van der Waals surface area contributed by atoms with E-state index in [-0.39, 0.29) is 12.5 Å². The number of thioether (sulfide) groups is 1. The lowest BCUT2D eigenvalue weighted by atomic mass is 10.2. The lowest BCUT2D eigenvalue weighted by Crippen LogP contribution is -1.93. The van der Waals surface area contributed by atoms with Gasteiger partial charge in [0, 0.05) is 18.3 Å². The summed E-state index contributed by atoms with van der Waals surface area (Å²) < 4.78 is 0. The molecular weight excluding hydrogens is 182 g/mol. The van der Waals surface area contributed by atoms with Crippen LogP contribution in [0.25, 0.3) is 0 Å². The Kier molecular flexibility index (Phi) is 5.23. The fourth-order valence-corrected chi connectivity index (χ4v) is 1.26. The van der Waals surface area contributed by atoms with Crippen LogP contribution < -0.4 is 5.32 Å². The predicted molar refractivity (Wildman–Crippen MR) is 60.6 cm³/mol. The van der Waals surface area contributed by atoms with Crippen molar-refractivity contribution in [2.45, 2.75) is 7.43 Å². The van der Waals surface area contributed by atoms with E-state index in [1.165, 1.54) is 11.8 Å². The average molecular weight is 197 g/mol. The summed E-state index contributed by atoms with van der Waals surface area (Å²) in [5.74, 6) is 0. The molecule has 0 aliphatic carbocycles. The summed E-state index contributed by atoms with van der Waals surface area (Å²) >= 11 is 1.23. The van der Waals surface area contributed by atoms with Crippen LogP contribution >= 0.6 is 11.8 Å². The van der Waals surface area contributed by atoms with Crippen LogP contribution in [0.1, 0.15) is 17.8 Å². The third kappa shape index (κ3) is 3.11. The summed E-state index contributed by atoms with van der Waals surface area (Å²) in [5.41, 5.74) is 1.77. The van der Waals surface area contributed by atoms with Crippen LogP contribution in [-0.2, 0) is 0 Å². The van der Waals surface area contributed by atoms with Crippen molar-refractivity contribution >= 4 is 22.6 Å². The molecular formula is C10H15NOS. The van der Waals surface area contributed by atoms with Crippen molar-refractivity contribution in [3.8, 4) is 0 Å². The Labute approximate surface area is 83.7 Å². The van der Waals surface area contributed by atoms with Gasteiger partial charge in [-0.3, -0.25) is 4.79 Å². The molecule has 1 aromatic carbocycles. The van der Waals surface area contributed by atoms with E-state index in [1.54, 1.807) is 6.26 Å². The molecule has 0 atom stereocenters. The first-order valence-electron chi connectivity index (χ1n) is 3.64. The van der Waals surface area contributed by atoms with E-state index in [9.17, 15) is 4.79 Å². The Morgan fingerprint density at radius 1 is 1.31 bits per heavy atom. The van der Waals surface area contributed by atoms with Crippen LogP contribution in [0.4, 0.5) is 5.69 Å². The molecule has 0 heterocycles. The lowest BCUT2D eigenvalue weighted by molar-refractivity contribution is 0.108. The first-order valence-corrected chi connectivity index (χ1v) is 4.86. The Morgan fingerprint density at radius 2 is 1.85 bits per heavy atom. The lowest BCUT2D eigenvalue weighted by Gasteiger charge is -2.00. The van der Waals surface area contributed by atoms with Crippen LogP contribution in [0.5, 0.6) is 0 Å². The van der Waals surface area contributed by atoms with Crippen molar-refractivity contribution in [1.82, 2.24) is 0 Å². The maximum absolute atomic E-state index is 11.2. The van der Waals surface area contributed by atoms with Crippen molar-refractivity contribution in [2.75, 3.05) is 18.6 Å². The summed E-state index contributed by atoms with van der Waals surface area (Å²) in [6.45, 7) is 0. The zero-order chi connectivity index (χ0) is 8.97. The molecule has 1 N–H and O–H groups in total. The van der Waals surface area contributed by atoms with Gasteiger partial charge in [0.15, 0.2) is 0 Å². The molecule has 0 amide bonds. The molecule has 0 aliphatic rings. The first kappa shape index (κ1) is 12.0. The van der Waals surface area contributed by atoms with Gasteiger partial charge in [-0.05, 0) is 30.5 Å². The van der Waals surface area contributed by atoms with E-state index >= 15 is 0 Å². The Hall–Kier alpha value is -0.960. The highest BCUT2D eigenvalue weighted by Gasteiger charge is 2.01. The molecule has 3 heteroatoms. The van der Waals surface area contributed by atoms with E-state index in [0.29, 0.717) is 0 Å². The third-order valence-corrected chi connectivity index (χ3v) is 2.20. The van der Waals surface area contributed by atoms with Crippen molar-refractivity contribution < 1.29 is 4.79 Å². The molecule has 0 fully saturated rings. The highest BCUT2D eigenvalue weighted by molar-refractivity contribution is 8.13. The molecule has 0 radical (unpaired) electrons. The van der Waals surface area contributed by atoms with Crippen LogP contribution in [0.15, 0.2) is 24.3 Å². The number of carbonyl (C=O) groups is 1. The molecule has 0 aliphatic heterocycles. The zero-order valence-electron chi connectivity index (χ0n) is 7.13. The number of carbonyl (C=O) groups excluding carboxylic acids is 1. The smallest absolute Gasteiger partial charge is 0.219 e. The highest BCUT2D eigenvalue weighted by Crippen LogP contribution is 2.12. The summed E-state index contributed by atoms with van der Waals surface area (Å²) in [4.78, 5) is 11.2. The largest absolute Gasteiger partial charge is 0.388 e. The minimum absolute atomic E-state index is 0. The average Bonchev–Trinajstić information content (AvgIpc) is 2.17. The summed E-state index contributed by atoms with van der Waals surface area (Å²) in [5, 5.41) is 3.10. The second kappa shape index (κ2) is 5.65. The van der Waals surface area contributed by atoms with Gasteiger partial charge < -0.3 is 5.32 Å². The minimum atomic E-state index is 0. The van der Waals surface area contributed by atoms with E-state index in [2.05, 4.69) is 5.32 Å². The van der Waals surface area contributed by atoms with Gasteiger partial charge in [0.1, 0.15) is 0 Å². The molecule has 0 spiro atoms. The molecule has 2 nitrogen and oxygen atoms in total. The normalized spacial score (nSPS) is 8.77. The molecule has 1 aromatic rings. The number of rotatable bonds is 2. The van der Waals surface area contributed by atoms with Gasteiger partial charge in [0.25, 0.3) is 0 Å². The molecule has 13 heavy (non-hydrogen) atoms. The quantitative estimate of drug-likeness (QED) is 0.790. The summed E-state index contributed by atoms with van der Waals surface area (Å²) in [6, 6.07) is 7.43. The van der Waals surface area contributed by atoms with Gasteiger partial charge in [-0.15, -0.1) is 0 Å². The van der Waals surface area contributed by atoms with Gasteiger partial charge >= 0.3 is 0 Å². The fraction of sp³-hybridized carbons (Fsp3) is 0.300. The molecule has 0 bridgehead atoms. The van der Waals surface area contributed by atoms with Crippen LogP contribution in [0, 0.1) is 0 Å². The second-order valence-electron chi connectivity index (χ2n) is 2.32. The van der Waals surface area contributed by atoms with E-state index in [0.717, 1.165) is 11.3 Å². The molecule has 72 valence electrons. The van der Waals surface area contributed by atoms with Gasteiger partial charge in [0.2, 0.25) is 5.12 Å². The van der Waals surface area contributed by atoms with Gasteiger partial charge in [-0.25, -0.2) is 0 Å². The Balaban J connectivity index is 0.00000144. The van der Waals surface area contributed by atoms with Gasteiger partial charge in [-0.1, -0.05) is 19.2 Å². The standard InChI is InChI=1S/C9H11NOS.CH4/c1-10-8-5-3-7(4-6-8)9(11)12-2;/h3-6,10H,1-2H3;1H4. The van der Waals surface area contributed by atoms with Crippen LogP contribution in [0.2, 0.25) is 0 Å². The minimum Gasteiger partial charge on any atom is -0.388 e. The maximum Gasteiger partial charge on any atom is 0.219 e. The zero-order valence-corrected chi connectivity index (χ0v) is 7.94. The highest BCUT2D eigenvalue weighted by atomic mass is 32.2. The topological polar surface area (TPSA) is 29.1 Å². The van der Waals surface area contributed by atoms with E-state index in [1.807, 2.05) is 31.3 Å². The molecule has 0 aromatic heterocycles. The van der Waals surface area contributed by atoms with Gasteiger partial charge in [-0.2, -0.15) is 0 Å². The molecule has 0 saturated carbocycles. The van der Waals surface area contributed by atoms with Crippen molar-refractivity contribution in [3.63, 3.8) is 0 Å². The van der Waals surface area contributed by atoms with E-state index < -0.39 is 0 Å². The molecule has 1 rings (SSSR count).